The summed E-state index contributed by atoms with van der Waals surface area (Å²) in [5.41, 5.74) is 3.06. The molecule has 0 saturated carbocycles. The first-order valence-electron chi connectivity index (χ1n) is 9.92. The van der Waals surface area contributed by atoms with Crippen molar-refractivity contribution < 1.29 is 13.2 Å². The SMILES string of the molecule is CS(=O)(=O)Nc1ccc(CCOCCCCCCNCc2ccccc2)cc1. The summed E-state index contributed by atoms with van der Waals surface area (Å²) >= 11 is 0. The quantitative estimate of drug-likeness (QED) is 0.468. The van der Waals surface area contributed by atoms with Gasteiger partial charge in [-0.25, -0.2) is 8.42 Å². The highest BCUT2D eigenvalue weighted by molar-refractivity contribution is 7.92. The van der Waals surface area contributed by atoms with Crippen LogP contribution in [0.2, 0.25) is 0 Å². The van der Waals surface area contributed by atoms with Gasteiger partial charge in [0.15, 0.2) is 0 Å². The van der Waals surface area contributed by atoms with Gasteiger partial charge in [0.25, 0.3) is 0 Å². The molecule has 5 nitrogen and oxygen atoms in total. The Morgan fingerprint density at radius 3 is 2.25 bits per heavy atom. The maximum absolute atomic E-state index is 11.2. The molecule has 2 N–H and O–H groups in total. The van der Waals surface area contributed by atoms with E-state index in [9.17, 15) is 8.42 Å². The van der Waals surface area contributed by atoms with Gasteiger partial charge in [0.1, 0.15) is 0 Å². The third-order valence-electron chi connectivity index (χ3n) is 4.36. The van der Waals surface area contributed by atoms with E-state index >= 15 is 0 Å². The lowest BCUT2D eigenvalue weighted by Crippen LogP contribution is -2.14. The highest BCUT2D eigenvalue weighted by atomic mass is 32.2. The zero-order valence-corrected chi connectivity index (χ0v) is 17.5. The average molecular weight is 405 g/mol. The molecule has 0 bridgehead atoms. The maximum Gasteiger partial charge on any atom is 0.229 e. The van der Waals surface area contributed by atoms with Gasteiger partial charge in [-0.2, -0.15) is 0 Å². The molecule has 6 heteroatoms. The van der Waals surface area contributed by atoms with Crippen molar-refractivity contribution in [3.63, 3.8) is 0 Å². The summed E-state index contributed by atoms with van der Waals surface area (Å²) in [4.78, 5) is 0. The highest BCUT2D eigenvalue weighted by Gasteiger charge is 2.01. The van der Waals surface area contributed by atoms with Crippen LogP contribution < -0.4 is 10.0 Å². The summed E-state index contributed by atoms with van der Waals surface area (Å²) in [5, 5.41) is 3.48. The molecule has 0 aliphatic carbocycles. The van der Waals surface area contributed by atoms with Gasteiger partial charge < -0.3 is 10.1 Å². The molecular weight excluding hydrogens is 372 g/mol. The molecule has 2 aromatic carbocycles. The smallest absolute Gasteiger partial charge is 0.229 e. The van der Waals surface area contributed by atoms with Crippen LogP contribution in [0.25, 0.3) is 0 Å². The van der Waals surface area contributed by atoms with E-state index in [1.54, 1.807) is 12.1 Å². The number of hydrogen-bond donors (Lipinski definition) is 2. The van der Waals surface area contributed by atoms with Gasteiger partial charge in [0.2, 0.25) is 10.0 Å². The second-order valence-corrected chi connectivity index (χ2v) is 8.76. The molecular formula is C22H32N2O3S. The first-order chi connectivity index (χ1) is 13.5. The molecule has 0 amide bonds. The third-order valence-corrected chi connectivity index (χ3v) is 4.96. The second-order valence-electron chi connectivity index (χ2n) is 7.01. The van der Waals surface area contributed by atoms with Crippen LogP contribution in [-0.2, 0) is 27.7 Å². The number of benzene rings is 2. The van der Waals surface area contributed by atoms with Gasteiger partial charge in [-0.1, -0.05) is 55.3 Å². The van der Waals surface area contributed by atoms with Crippen molar-refractivity contribution >= 4 is 15.7 Å². The molecule has 0 fully saturated rings. The molecule has 28 heavy (non-hydrogen) atoms. The summed E-state index contributed by atoms with van der Waals surface area (Å²) in [6, 6.07) is 17.9. The Morgan fingerprint density at radius 2 is 1.54 bits per heavy atom. The Labute approximate surface area is 169 Å². The van der Waals surface area contributed by atoms with Crippen LogP contribution in [-0.4, -0.2) is 34.4 Å². The van der Waals surface area contributed by atoms with Crippen molar-refractivity contribution in [2.75, 3.05) is 30.7 Å². The number of sulfonamides is 1. The topological polar surface area (TPSA) is 67.4 Å². The standard InChI is InChI=1S/C22H32N2O3S/c1-28(25,26)24-22-13-11-20(12-14-22)15-18-27-17-8-3-2-7-16-23-19-21-9-5-4-6-10-21/h4-6,9-14,23-24H,2-3,7-8,15-19H2,1H3. The molecule has 0 atom stereocenters. The number of nitrogens with one attached hydrogen (secondary N) is 2. The van der Waals surface area contributed by atoms with Crippen molar-refractivity contribution in [1.29, 1.82) is 0 Å². The molecule has 0 aliphatic rings. The van der Waals surface area contributed by atoms with Gasteiger partial charge in [-0.15, -0.1) is 0 Å². The average Bonchev–Trinajstić information content (AvgIpc) is 2.67. The number of unbranched alkanes of at least 4 members (excludes halogenated alkanes) is 3. The number of anilines is 1. The summed E-state index contributed by atoms with van der Waals surface area (Å²) in [6.45, 7) is 3.48. The Morgan fingerprint density at radius 1 is 0.821 bits per heavy atom. The minimum absolute atomic E-state index is 0.588. The van der Waals surface area contributed by atoms with Gasteiger partial charge >= 0.3 is 0 Å². The van der Waals surface area contributed by atoms with Gasteiger partial charge in [-0.05, 0) is 49.1 Å². The zero-order valence-electron chi connectivity index (χ0n) is 16.7. The molecule has 0 aliphatic heterocycles. The van der Waals surface area contributed by atoms with Gasteiger partial charge in [0, 0.05) is 18.8 Å². The van der Waals surface area contributed by atoms with E-state index in [1.807, 2.05) is 18.2 Å². The number of ether oxygens (including phenoxy) is 1. The molecule has 0 heterocycles. The Balaban J connectivity index is 1.42. The predicted octanol–water partition coefficient (Wildman–Crippen LogP) is 3.97. The van der Waals surface area contributed by atoms with Crippen molar-refractivity contribution in [2.45, 2.75) is 38.6 Å². The van der Waals surface area contributed by atoms with E-state index in [4.69, 9.17) is 4.74 Å². The molecule has 0 aromatic heterocycles. The summed E-state index contributed by atoms with van der Waals surface area (Å²) in [7, 11) is -3.22. The van der Waals surface area contributed by atoms with Crippen molar-refractivity contribution in [3.8, 4) is 0 Å². The lowest BCUT2D eigenvalue weighted by Gasteiger charge is -2.07. The number of hydrogen-bond acceptors (Lipinski definition) is 4. The van der Waals surface area contributed by atoms with E-state index in [2.05, 4.69) is 34.3 Å². The monoisotopic (exact) mass is 404 g/mol. The Kier molecular flexibility index (Phi) is 10.0. The van der Waals surface area contributed by atoms with Crippen LogP contribution in [0.15, 0.2) is 54.6 Å². The highest BCUT2D eigenvalue weighted by Crippen LogP contribution is 2.11. The predicted molar refractivity (Wildman–Crippen MR) is 116 cm³/mol. The zero-order chi connectivity index (χ0) is 20.1. The molecule has 0 unspecified atom stereocenters. The van der Waals surface area contributed by atoms with Crippen LogP contribution in [0.3, 0.4) is 0 Å². The summed E-state index contributed by atoms with van der Waals surface area (Å²) in [6.07, 6.45) is 6.69. The van der Waals surface area contributed by atoms with Crippen LogP contribution >= 0.6 is 0 Å². The molecule has 0 radical (unpaired) electrons. The molecule has 0 spiro atoms. The first-order valence-corrected chi connectivity index (χ1v) is 11.8. The first kappa shape index (κ1) is 22.4. The molecule has 0 saturated heterocycles. The largest absolute Gasteiger partial charge is 0.381 e. The second kappa shape index (κ2) is 12.5. The normalized spacial score (nSPS) is 11.5. The third kappa shape index (κ3) is 10.4. The minimum Gasteiger partial charge on any atom is -0.381 e. The maximum atomic E-state index is 11.2. The van der Waals surface area contributed by atoms with Crippen molar-refractivity contribution in [1.82, 2.24) is 5.32 Å². The fourth-order valence-corrected chi connectivity index (χ4v) is 3.45. The van der Waals surface area contributed by atoms with Gasteiger partial charge in [-0.3, -0.25) is 4.72 Å². The van der Waals surface area contributed by atoms with E-state index in [0.717, 1.165) is 44.4 Å². The lowest BCUT2D eigenvalue weighted by atomic mass is 10.1. The minimum atomic E-state index is -3.22. The van der Waals surface area contributed by atoms with E-state index in [0.29, 0.717) is 12.3 Å². The molecule has 154 valence electrons. The number of rotatable bonds is 14. The molecule has 2 aromatic rings. The van der Waals surface area contributed by atoms with Gasteiger partial charge in [0.05, 0.1) is 12.9 Å². The van der Waals surface area contributed by atoms with Crippen LogP contribution in [0, 0.1) is 0 Å². The van der Waals surface area contributed by atoms with E-state index in [-0.39, 0.29) is 0 Å². The Bertz CT molecular complexity index is 762. The summed E-state index contributed by atoms with van der Waals surface area (Å²) < 4.78 is 30.5. The fraction of sp³-hybridized carbons (Fsp3) is 0.455. The molecule has 2 rings (SSSR count). The van der Waals surface area contributed by atoms with E-state index in [1.165, 1.54) is 24.8 Å². The lowest BCUT2D eigenvalue weighted by molar-refractivity contribution is 0.133. The van der Waals surface area contributed by atoms with Crippen LogP contribution in [0.5, 0.6) is 0 Å². The Hall–Kier alpha value is -1.89. The summed E-state index contributed by atoms with van der Waals surface area (Å²) in [5.74, 6) is 0. The fourth-order valence-electron chi connectivity index (χ4n) is 2.88. The van der Waals surface area contributed by atoms with Crippen LogP contribution in [0.4, 0.5) is 5.69 Å². The van der Waals surface area contributed by atoms with Crippen molar-refractivity contribution in [3.05, 3.63) is 65.7 Å². The van der Waals surface area contributed by atoms with Crippen LogP contribution in [0.1, 0.15) is 36.8 Å². The van der Waals surface area contributed by atoms with E-state index < -0.39 is 10.0 Å². The van der Waals surface area contributed by atoms with Crippen molar-refractivity contribution in [2.24, 2.45) is 0 Å².